The van der Waals surface area contributed by atoms with Crippen molar-refractivity contribution in [3.8, 4) is 5.75 Å². The van der Waals surface area contributed by atoms with Crippen LogP contribution in [-0.2, 0) is 0 Å². The predicted octanol–water partition coefficient (Wildman–Crippen LogP) is 2.06. The third-order valence-corrected chi connectivity index (χ3v) is 2.55. The van der Waals surface area contributed by atoms with Crippen LogP contribution in [0.5, 0.6) is 5.75 Å². The molecule has 0 saturated heterocycles. The van der Waals surface area contributed by atoms with E-state index in [1.807, 2.05) is 31.1 Å². The number of halogens is 1. The van der Waals surface area contributed by atoms with Crippen molar-refractivity contribution in [3.05, 3.63) is 21.8 Å². The molecule has 1 N–H and O–H groups in total. The van der Waals surface area contributed by atoms with E-state index in [1.165, 1.54) is 0 Å². The van der Waals surface area contributed by atoms with E-state index < -0.39 is 0 Å². The van der Waals surface area contributed by atoms with E-state index in [9.17, 15) is 5.11 Å². The van der Waals surface area contributed by atoms with Gasteiger partial charge >= 0.3 is 0 Å². The van der Waals surface area contributed by atoms with Crippen molar-refractivity contribution in [2.24, 2.45) is 0 Å². The molecule has 0 heterocycles. The number of nitrogens with zero attached hydrogens (tertiary/aromatic N) is 1. The lowest BCUT2D eigenvalue weighted by Gasteiger charge is -2.14. The van der Waals surface area contributed by atoms with Crippen molar-refractivity contribution in [3.63, 3.8) is 0 Å². The minimum atomic E-state index is 0.344. The number of phenolic OH excluding ortho intramolecular Hbond substituents is 1. The van der Waals surface area contributed by atoms with Gasteiger partial charge in [0.25, 0.3) is 0 Å². The maximum absolute atomic E-state index is 9.31. The van der Waals surface area contributed by atoms with Crippen molar-refractivity contribution in [1.29, 1.82) is 0 Å². The third kappa shape index (κ3) is 1.77. The highest BCUT2D eigenvalue weighted by molar-refractivity contribution is 14.1. The Morgan fingerprint density at radius 2 is 2.00 bits per heavy atom. The minimum Gasteiger partial charge on any atom is -0.507 e. The summed E-state index contributed by atoms with van der Waals surface area (Å²) in [5.41, 5.74) is 1.05. The Morgan fingerprint density at radius 3 is 2.45 bits per heavy atom. The number of anilines is 1. The molecule has 0 aliphatic rings. The Labute approximate surface area is 80.0 Å². The first-order valence-corrected chi connectivity index (χ1v) is 4.35. The van der Waals surface area contributed by atoms with Gasteiger partial charge in [-0.05, 0) is 34.7 Å². The fraction of sp³-hybridized carbons (Fsp3) is 0.250. The molecule has 0 atom stereocenters. The standard InChI is InChI=1S/C8H10INO/c1-10(2)6-4-3-5-7(11)8(6)9/h3-5,11H,1-2H3. The second-order valence-electron chi connectivity index (χ2n) is 2.50. The maximum atomic E-state index is 9.31. The van der Waals surface area contributed by atoms with Crippen LogP contribution in [0.1, 0.15) is 0 Å². The zero-order valence-corrected chi connectivity index (χ0v) is 8.66. The molecular formula is C8H10INO. The lowest BCUT2D eigenvalue weighted by molar-refractivity contribution is 0.471. The van der Waals surface area contributed by atoms with Crippen LogP contribution in [0.4, 0.5) is 5.69 Å². The molecule has 1 aromatic carbocycles. The van der Waals surface area contributed by atoms with Gasteiger partial charge in [0, 0.05) is 14.1 Å². The van der Waals surface area contributed by atoms with Crippen LogP contribution >= 0.6 is 22.6 Å². The molecule has 0 unspecified atom stereocenters. The van der Waals surface area contributed by atoms with E-state index in [0.29, 0.717) is 5.75 Å². The first-order chi connectivity index (χ1) is 5.13. The average Bonchev–Trinajstić information content (AvgIpc) is 1.94. The van der Waals surface area contributed by atoms with Gasteiger partial charge in [0.15, 0.2) is 0 Å². The van der Waals surface area contributed by atoms with Gasteiger partial charge in [0.1, 0.15) is 5.75 Å². The van der Waals surface area contributed by atoms with Crippen LogP contribution in [0.3, 0.4) is 0 Å². The molecule has 0 bridgehead atoms. The molecule has 2 nitrogen and oxygen atoms in total. The summed E-state index contributed by atoms with van der Waals surface area (Å²) >= 11 is 2.13. The monoisotopic (exact) mass is 263 g/mol. The fourth-order valence-corrected chi connectivity index (χ4v) is 1.70. The molecule has 0 aliphatic carbocycles. The van der Waals surface area contributed by atoms with E-state index in [-0.39, 0.29) is 0 Å². The largest absolute Gasteiger partial charge is 0.507 e. The fourth-order valence-electron chi connectivity index (χ4n) is 0.853. The SMILES string of the molecule is CN(C)c1cccc(O)c1I. The molecule has 0 aromatic heterocycles. The van der Waals surface area contributed by atoms with Crippen LogP contribution in [0.15, 0.2) is 18.2 Å². The van der Waals surface area contributed by atoms with Gasteiger partial charge in [-0.1, -0.05) is 6.07 Å². The summed E-state index contributed by atoms with van der Waals surface area (Å²) in [6.07, 6.45) is 0. The van der Waals surface area contributed by atoms with E-state index in [4.69, 9.17) is 0 Å². The molecule has 0 spiro atoms. The summed E-state index contributed by atoms with van der Waals surface area (Å²) in [7, 11) is 3.91. The number of phenols is 1. The first-order valence-electron chi connectivity index (χ1n) is 3.27. The Kier molecular flexibility index (Phi) is 2.59. The molecule has 0 fully saturated rings. The lowest BCUT2D eigenvalue weighted by atomic mass is 10.3. The highest BCUT2D eigenvalue weighted by Gasteiger charge is 2.04. The molecule has 0 aliphatic heterocycles. The van der Waals surface area contributed by atoms with Crippen LogP contribution in [0, 0.1) is 3.57 Å². The topological polar surface area (TPSA) is 23.5 Å². The minimum absolute atomic E-state index is 0.344. The van der Waals surface area contributed by atoms with Crippen LogP contribution < -0.4 is 4.90 Å². The highest BCUT2D eigenvalue weighted by atomic mass is 127. The van der Waals surface area contributed by atoms with Crippen LogP contribution in [0.2, 0.25) is 0 Å². The molecule has 3 heteroatoms. The zero-order chi connectivity index (χ0) is 8.43. The summed E-state index contributed by atoms with van der Waals surface area (Å²) in [4.78, 5) is 1.97. The Morgan fingerprint density at radius 1 is 1.36 bits per heavy atom. The van der Waals surface area contributed by atoms with Gasteiger partial charge in [-0.3, -0.25) is 0 Å². The molecular weight excluding hydrogens is 253 g/mol. The van der Waals surface area contributed by atoms with E-state index in [2.05, 4.69) is 22.6 Å². The van der Waals surface area contributed by atoms with Crippen LogP contribution in [0.25, 0.3) is 0 Å². The summed E-state index contributed by atoms with van der Waals surface area (Å²) < 4.78 is 0.898. The van der Waals surface area contributed by atoms with Crippen molar-refractivity contribution in [1.82, 2.24) is 0 Å². The molecule has 11 heavy (non-hydrogen) atoms. The Hall–Kier alpha value is -0.450. The molecule has 1 rings (SSSR count). The molecule has 60 valence electrons. The Balaban J connectivity index is 3.17. The summed E-state index contributed by atoms with van der Waals surface area (Å²) in [5.74, 6) is 0.344. The van der Waals surface area contributed by atoms with E-state index in [1.54, 1.807) is 6.07 Å². The molecule has 0 radical (unpaired) electrons. The van der Waals surface area contributed by atoms with Gasteiger partial charge in [-0.2, -0.15) is 0 Å². The molecule has 0 saturated carbocycles. The second kappa shape index (κ2) is 3.30. The van der Waals surface area contributed by atoms with Gasteiger partial charge in [-0.15, -0.1) is 0 Å². The van der Waals surface area contributed by atoms with Crippen molar-refractivity contribution >= 4 is 28.3 Å². The van der Waals surface area contributed by atoms with Crippen LogP contribution in [-0.4, -0.2) is 19.2 Å². The number of rotatable bonds is 1. The Bertz CT molecular complexity index is 260. The average molecular weight is 263 g/mol. The van der Waals surface area contributed by atoms with Gasteiger partial charge in [0.05, 0.1) is 9.26 Å². The number of benzene rings is 1. The summed E-state index contributed by atoms with van der Waals surface area (Å²) in [6, 6.07) is 5.50. The second-order valence-corrected chi connectivity index (χ2v) is 3.58. The maximum Gasteiger partial charge on any atom is 0.131 e. The zero-order valence-electron chi connectivity index (χ0n) is 6.50. The lowest BCUT2D eigenvalue weighted by Crippen LogP contribution is -2.09. The smallest absolute Gasteiger partial charge is 0.131 e. The van der Waals surface area contributed by atoms with Crippen molar-refractivity contribution in [2.45, 2.75) is 0 Å². The van der Waals surface area contributed by atoms with Crippen molar-refractivity contribution < 1.29 is 5.11 Å². The summed E-state index contributed by atoms with van der Waals surface area (Å²) in [6.45, 7) is 0. The van der Waals surface area contributed by atoms with Gasteiger partial charge in [-0.25, -0.2) is 0 Å². The van der Waals surface area contributed by atoms with Crippen molar-refractivity contribution in [2.75, 3.05) is 19.0 Å². The highest BCUT2D eigenvalue weighted by Crippen LogP contribution is 2.28. The number of hydrogen-bond acceptors (Lipinski definition) is 2. The number of hydrogen-bond donors (Lipinski definition) is 1. The normalized spacial score (nSPS) is 9.73. The third-order valence-electron chi connectivity index (χ3n) is 1.44. The van der Waals surface area contributed by atoms with Gasteiger partial charge < -0.3 is 10.0 Å². The predicted molar refractivity (Wildman–Crippen MR) is 55.2 cm³/mol. The summed E-state index contributed by atoms with van der Waals surface area (Å²) in [5, 5.41) is 9.31. The number of aromatic hydroxyl groups is 1. The quantitative estimate of drug-likeness (QED) is 0.784. The molecule has 1 aromatic rings. The first kappa shape index (κ1) is 8.64. The molecule has 0 amide bonds. The van der Waals surface area contributed by atoms with Gasteiger partial charge in [0.2, 0.25) is 0 Å². The van der Waals surface area contributed by atoms with E-state index >= 15 is 0 Å². The van der Waals surface area contributed by atoms with E-state index in [0.717, 1.165) is 9.26 Å².